The lowest BCUT2D eigenvalue weighted by Gasteiger charge is -2.41. The maximum Gasteiger partial charge on any atom is 0.339 e. The van der Waals surface area contributed by atoms with E-state index in [2.05, 4.69) is 5.32 Å². The van der Waals surface area contributed by atoms with E-state index in [9.17, 15) is 18.8 Å². The van der Waals surface area contributed by atoms with E-state index in [1.165, 1.54) is 9.58 Å². The highest BCUT2D eigenvalue weighted by Gasteiger charge is 2.45. The summed E-state index contributed by atoms with van der Waals surface area (Å²) >= 11 is 0. The van der Waals surface area contributed by atoms with Crippen LogP contribution in [0.4, 0.5) is 19.7 Å². The molecule has 0 spiro atoms. The first kappa shape index (κ1) is 21.9. The second-order valence-electron chi connectivity index (χ2n) is 8.54. The number of primary amides is 1. The van der Waals surface area contributed by atoms with Crippen molar-refractivity contribution in [3.05, 3.63) is 65.6 Å². The number of hydrogen-bond acceptors (Lipinski definition) is 4. The van der Waals surface area contributed by atoms with Crippen LogP contribution in [0.15, 0.2) is 48.7 Å². The summed E-state index contributed by atoms with van der Waals surface area (Å²) in [6, 6.07) is 10.6. The number of nitrogens with zero attached hydrogens (tertiary/aromatic N) is 4. The smallest absolute Gasteiger partial charge is 0.339 e. The van der Waals surface area contributed by atoms with Crippen molar-refractivity contribution < 1.29 is 18.8 Å². The van der Waals surface area contributed by atoms with E-state index < -0.39 is 12.1 Å². The fraction of sp³-hybridized carbons (Fsp3) is 0.292. The van der Waals surface area contributed by atoms with Crippen LogP contribution in [0, 0.1) is 12.7 Å². The summed E-state index contributed by atoms with van der Waals surface area (Å²) in [5.74, 6) is -0.680. The number of aromatic nitrogens is 1. The molecule has 2 fully saturated rings. The molecule has 3 aromatic rings. The summed E-state index contributed by atoms with van der Waals surface area (Å²) in [7, 11) is 0. The van der Waals surface area contributed by atoms with Crippen LogP contribution in [0.25, 0.3) is 10.9 Å². The molecule has 2 aliphatic heterocycles. The van der Waals surface area contributed by atoms with Crippen LogP contribution in [0.1, 0.15) is 17.5 Å². The molecule has 2 aromatic carbocycles. The Bertz CT molecular complexity index is 1310. The number of hydrazine groups is 1. The highest BCUT2D eigenvalue weighted by molar-refractivity contribution is 6.06. The normalized spacial score (nSPS) is 18.4. The number of carbonyl (C=O) groups is 3. The van der Waals surface area contributed by atoms with Gasteiger partial charge in [0.05, 0.1) is 11.2 Å². The van der Waals surface area contributed by atoms with Crippen molar-refractivity contribution in [3.63, 3.8) is 0 Å². The maximum absolute atomic E-state index is 14.3. The summed E-state index contributed by atoms with van der Waals surface area (Å²) in [5, 5.41) is 6.84. The van der Waals surface area contributed by atoms with Crippen LogP contribution in [-0.4, -0.2) is 58.2 Å². The number of fused-ring (bicyclic) bond motifs is 2. The summed E-state index contributed by atoms with van der Waals surface area (Å²) in [6.45, 7) is 3.23. The van der Waals surface area contributed by atoms with Gasteiger partial charge >= 0.3 is 12.1 Å². The number of aryl methyl sites for hydroxylation is 1. The van der Waals surface area contributed by atoms with Gasteiger partial charge in [-0.05, 0) is 25.0 Å². The van der Waals surface area contributed by atoms with Crippen molar-refractivity contribution in [3.8, 4) is 0 Å². The predicted molar refractivity (Wildman–Crippen MR) is 124 cm³/mol. The Labute approximate surface area is 195 Å². The molecule has 10 heteroatoms. The zero-order valence-electron chi connectivity index (χ0n) is 18.7. The minimum atomic E-state index is -0.701. The van der Waals surface area contributed by atoms with Crippen molar-refractivity contribution in [2.75, 3.05) is 24.5 Å². The zero-order chi connectivity index (χ0) is 24.0. The van der Waals surface area contributed by atoms with E-state index in [1.807, 2.05) is 17.1 Å². The number of halogens is 1. The topological polar surface area (TPSA) is 104 Å². The molecule has 3 heterocycles. The molecule has 4 amide bonds. The first-order chi connectivity index (χ1) is 16.4. The minimum Gasteiger partial charge on any atom is -0.351 e. The Morgan fingerprint density at radius 3 is 2.71 bits per heavy atom. The molecule has 1 atom stereocenters. The van der Waals surface area contributed by atoms with Crippen molar-refractivity contribution in [1.82, 2.24) is 19.9 Å². The van der Waals surface area contributed by atoms with Gasteiger partial charge in [0.1, 0.15) is 11.9 Å². The Balaban J connectivity index is 1.38. The molecule has 2 aliphatic rings. The van der Waals surface area contributed by atoms with Crippen LogP contribution in [0.2, 0.25) is 0 Å². The van der Waals surface area contributed by atoms with Gasteiger partial charge < -0.3 is 11.1 Å². The highest BCUT2D eigenvalue weighted by Crippen LogP contribution is 2.33. The largest absolute Gasteiger partial charge is 0.351 e. The van der Waals surface area contributed by atoms with Gasteiger partial charge in [-0.15, -0.1) is 0 Å². The third kappa shape index (κ3) is 3.56. The number of benzene rings is 2. The van der Waals surface area contributed by atoms with Crippen LogP contribution in [0.3, 0.4) is 0 Å². The molecule has 0 saturated carbocycles. The fourth-order valence-electron chi connectivity index (χ4n) is 4.78. The number of nitrogens with one attached hydrogen (secondary N) is 1. The lowest BCUT2D eigenvalue weighted by atomic mass is 10.1. The summed E-state index contributed by atoms with van der Waals surface area (Å²) in [4.78, 5) is 40.1. The molecular formula is C24H25FN6O3. The average molecular weight is 465 g/mol. The third-order valence-corrected chi connectivity index (χ3v) is 6.52. The van der Waals surface area contributed by atoms with Crippen molar-refractivity contribution >= 4 is 34.6 Å². The first-order valence-corrected chi connectivity index (χ1v) is 11.1. The summed E-state index contributed by atoms with van der Waals surface area (Å²) < 4.78 is 15.6. The third-order valence-electron chi connectivity index (χ3n) is 6.52. The Kier molecular flexibility index (Phi) is 5.45. The molecule has 9 nitrogen and oxygen atoms in total. The monoisotopic (exact) mass is 464 g/mol. The van der Waals surface area contributed by atoms with Crippen molar-refractivity contribution in [1.29, 1.82) is 0 Å². The molecule has 2 saturated heterocycles. The lowest BCUT2D eigenvalue weighted by molar-refractivity contribution is -0.127. The van der Waals surface area contributed by atoms with Gasteiger partial charge in [0, 0.05) is 43.3 Å². The molecule has 34 heavy (non-hydrogen) atoms. The van der Waals surface area contributed by atoms with Crippen molar-refractivity contribution in [2.45, 2.75) is 25.9 Å². The molecule has 0 radical (unpaired) electrons. The summed E-state index contributed by atoms with van der Waals surface area (Å²) in [6.07, 6.45) is 2.04. The quantitative estimate of drug-likeness (QED) is 0.619. The van der Waals surface area contributed by atoms with Crippen LogP contribution < -0.4 is 16.0 Å². The molecule has 3 N–H and O–H groups in total. The number of anilines is 1. The second-order valence-corrected chi connectivity index (χ2v) is 8.54. The maximum atomic E-state index is 14.3. The van der Waals surface area contributed by atoms with Gasteiger partial charge in [-0.1, -0.05) is 36.4 Å². The molecule has 5 rings (SSSR count). The van der Waals surface area contributed by atoms with E-state index in [-0.39, 0.29) is 24.3 Å². The number of amides is 4. The molecule has 0 bridgehead atoms. The number of urea groups is 1. The van der Waals surface area contributed by atoms with Gasteiger partial charge in [-0.2, -0.15) is 0 Å². The van der Waals surface area contributed by atoms with Gasteiger partial charge in [0.25, 0.3) is 0 Å². The molecule has 176 valence electrons. The number of hydrogen-bond donors (Lipinski definition) is 2. The SMILES string of the molecule is Cc1cccc(CNC(=O)[C@@H]2CCN3CCN(c4cn(C(N)=O)c5ccccc45)C(=O)N23)c1F. The average Bonchev–Trinajstić information content (AvgIpc) is 3.43. The van der Waals surface area contributed by atoms with E-state index in [0.717, 1.165) is 5.39 Å². The van der Waals surface area contributed by atoms with E-state index in [0.29, 0.717) is 48.4 Å². The van der Waals surface area contributed by atoms with Crippen LogP contribution >= 0.6 is 0 Å². The number of nitrogens with two attached hydrogens (primary N) is 1. The van der Waals surface area contributed by atoms with Crippen LogP contribution in [-0.2, 0) is 11.3 Å². The minimum absolute atomic E-state index is 0.0424. The highest BCUT2D eigenvalue weighted by atomic mass is 19.1. The summed E-state index contributed by atoms with van der Waals surface area (Å²) in [5.41, 5.74) is 7.60. The molecule has 1 aromatic heterocycles. The Hall–Kier alpha value is -3.92. The van der Waals surface area contributed by atoms with Gasteiger partial charge in [0.2, 0.25) is 5.91 Å². The first-order valence-electron chi connectivity index (χ1n) is 11.1. The van der Waals surface area contributed by atoms with E-state index >= 15 is 0 Å². The fourth-order valence-corrected chi connectivity index (χ4v) is 4.78. The lowest BCUT2D eigenvalue weighted by Crippen LogP contribution is -2.61. The number of carbonyl (C=O) groups excluding carboxylic acids is 3. The number of rotatable bonds is 4. The predicted octanol–water partition coefficient (Wildman–Crippen LogP) is 2.56. The van der Waals surface area contributed by atoms with E-state index in [4.69, 9.17) is 5.73 Å². The van der Waals surface area contributed by atoms with Gasteiger partial charge in [-0.3, -0.25) is 14.3 Å². The van der Waals surface area contributed by atoms with Gasteiger partial charge in [-0.25, -0.2) is 24.0 Å². The Morgan fingerprint density at radius 2 is 1.91 bits per heavy atom. The molecular weight excluding hydrogens is 439 g/mol. The second kappa shape index (κ2) is 8.45. The zero-order valence-corrected chi connectivity index (χ0v) is 18.7. The van der Waals surface area contributed by atoms with Crippen molar-refractivity contribution in [2.24, 2.45) is 5.73 Å². The van der Waals surface area contributed by atoms with Crippen LogP contribution in [0.5, 0.6) is 0 Å². The standard InChI is InChI=1S/C24H25FN6O3/c1-15-5-4-6-16(21(15)25)13-27-22(32)19-9-10-28-11-12-29(24(34)31(19)28)20-14-30(23(26)33)18-8-3-2-7-17(18)20/h2-8,14,19H,9-13H2,1H3,(H2,26,33)(H,27,32)/t19-/m0/s1. The number of para-hydroxylation sites is 1. The molecule has 0 aliphatic carbocycles. The Morgan fingerprint density at radius 1 is 1.12 bits per heavy atom. The van der Waals surface area contributed by atoms with Gasteiger partial charge in [0.15, 0.2) is 0 Å². The van der Waals surface area contributed by atoms with E-state index in [1.54, 1.807) is 48.4 Å². The molecule has 0 unspecified atom stereocenters.